The van der Waals surface area contributed by atoms with Gasteiger partial charge in [-0.2, -0.15) is 0 Å². The highest BCUT2D eigenvalue weighted by Crippen LogP contribution is 2.32. The summed E-state index contributed by atoms with van der Waals surface area (Å²) in [5.74, 6) is 0.236. The maximum atomic E-state index is 12.5. The predicted molar refractivity (Wildman–Crippen MR) is 114 cm³/mol. The molecule has 1 fully saturated rings. The van der Waals surface area contributed by atoms with Gasteiger partial charge in [-0.25, -0.2) is 0 Å². The highest BCUT2D eigenvalue weighted by atomic mass is 35.5. The van der Waals surface area contributed by atoms with Gasteiger partial charge in [-0.15, -0.1) is 12.4 Å². The van der Waals surface area contributed by atoms with Crippen LogP contribution in [0.25, 0.3) is 6.08 Å². The molecule has 0 aromatic heterocycles. The minimum Gasteiger partial charge on any atom is -0.497 e. The van der Waals surface area contributed by atoms with Gasteiger partial charge in [0.25, 0.3) is 5.91 Å². The van der Waals surface area contributed by atoms with Crippen molar-refractivity contribution in [3.63, 3.8) is 0 Å². The number of carbonyl (C=O) groups excluding carboxylic acids is 2. The van der Waals surface area contributed by atoms with Crippen LogP contribution in [0.1, 0.15) is 12.0 Å². The molecule has 0 spiro atoms. The Hall–Kier alpha value is -1.61. The Morgan fingerprint density at radius 3 is 2.56 bits per heavy atom. The van der Waals surface area contributed by atoms with Crippen molar-refractivity contribution in [1.29, 1.82) is 0 Å². The van der Waals surface area contributed by atoms with Gasteiger partial charge in [0, 0.05) is 13.1 Å². The first-order chi connectivity index (χ1) is 12.4. The fourth-order valence-electron chi connectivity index (χ4n) is 2.16. The molecule has 0 atom stereocenters. The molecule has 0 saturated carbocycles. The zero-order valence-corrected chi connectivity index (χ0v) is 17.9. The Morgan fingerprint density at radius 1 is 1.30 bits per heavy atom. The van der Waals surface area contributed by atoms with Gasteiger partial charge in [0.05, 0.1) is 18.4 Å². The summed E-state index contributed by atoms with van der Waals surface area (Å²) in [6.07, 6.45) is 1.91. The number of methoxy groups -OCH3 is 1. The highest BCUT2D eigenvalue weighted by molar-refractivity contribution is 8.26. The van der Waals surface area contributed by atoms with Crippen molar-refractivity contribution in [2.75, 3.05) is 40.9 Å². The zero-order valence-electron chi connectivity index (χ0n) is 15.5. The fourth-order valence-corrected chi connectivity index (χ4v) is 3.47. The molecule has 0 bridgehead atoms. The van der Waals surface area contributed by atoms with Gasteiger partial charge in [-0.05, 0) is 37.9 Å². The minimum absolute atomic E-state index is 0. The molecule has 1 amide bonds. The molecule has 27 heavy (non-hydrogen) atoms. The molecule has 1 aromatic carbocycles. The van der Waals surface area contributed by atoms with Gasteiger partial charge < -0.3 is 14.4 Å². The summed E-state index contributed by atoms with van der Waals surface area (Å²) >= 11 is 6.51. The first-order valence-corrected chi connectivity index (χ1v) is 9.33. The average molecular weight is 431 g/mol. The van der Waals surface area contributed by atoms with Gasteiger partial charge in [-0.3, -0.25) is 14.5 Å². The third kappa shape index (κ3) is 7.14. The van der Waals surface area contributed by atoms with E-state index in [0.717, 1.165) is 11.3 Å². The van der Waals surface area contributed by atoms with Crippen molar-refractivity contribution < 1.29 is 19.1 Å². The number of likely N-dealkylation sites (N-methyl/N-ethyl adjacent to an activating group) is 1. The second kappa shape index (κ2) is 11.3. The molecule has 0 radical (unpaired) electrons. The molecular formula is C18H23ClN2O4S2. The van der Waals surface area contributed by atoms with E-state index in [-0.39, 0.29) is 37.2 Å². The number of halogens is 1. The Morgan fingerprint density at radius 2 is 1.96 bits per heavy atom. The number of thiocarbonyl (C=S) groups is 1. The number of amides is 1. The number of hydrogen-bond acceptors (Lipinski definition) is 7. The molecule has 0 N–H and O–H groups in total. The molecule has 9 heteroatoms. The third-order valence-corrected chi connectivity index (χ3v) is 5.01. The number of nitrogens with zero attached hydrogens (tertiary/aromatic N) is 2. The van der Waals surface area contributed by atoms with Crippen LogP contribution >= 0.6 is 36.4 Å². The molecule has 148 valence electrons. The smallest absolute Gasteiger partial charge is 0.307 e. The summed E-state index contributed by atoms with van der Waals surface area (Å²) in [5.41, 5.74) is 0.884. The van der Waals surface area contributed by atoms with E-state index in [9.17, 15) is 9.59 Å². The molecular weight excluding hydrogens is 408 g/mol. The van der Waals surface area contributed by atoms with E-state index in [2.05, 4.69) is 0 Å². The molecule has 0 unspecified atom stereocenters. The van der Waals surface area contributed by atoms with Crippen molar-refractivity contribution in [2.45, 2.75) is 6.42 Å². The third-order valence-electron chi connectivity index (χ3n) is 3.63. The molecule has 0 aliphatic carbocycles. The van der Waals surface area contributed by atoms with E-state index in [0.29, 0.717) is 22.4 Å². The van der Waals surface area contributed by atoms with Crippen LogP contribution in [0.15, 0.2) is 29.2 Å². The van der Waals surface area contributed by atoms with Crippen molar-refractivity contribution in [2.24, 2.45) is 0 Å². The maximum absolute atomic E-state index is 12.5. The predicted octanol–water partition coefficient (Wildman–Crippen LogP) is 2.81. The highest BCUT2D eigenvalue weighted by Gasteiger charge is 2.32. The number of esters is 1. The van der Waals surface area contributed by atoms with Crippen molar-refractivity contribution in [3.8, 4) is 5.75 Å². The lowest BCUT2D eigenvalue weighted by Gasteiger charge is -2.14. The van der Waals surface area contributed by atoms with Crippen molar-refractivity contribution in [3.05, 3.63) is 34.7 Å². The van der Waals surface area contributed by atoms with Gasteiger partial charge in [0.2, 0.25) is 0 Å². The standard InChI is InChI=1S/C18H22N2O4S2.ClH/c1-19(2)10-11-24-16(21)8-9-20-17(22)15(26-18(20)25)12-13-4-6-14(23-3)7-5-13;/h4-7,12H,8-11H2,1-3H3;1H/b15-12-;. The van der Waals surface area contributed by atoms with Crippen LogP contribution in [0.3, 0.4) is 0 Å². The number of hydrogen-bond donors (Lipinski definition) is 0. The SMILES string of the molecule is COc1ccc(/C=C2\SC(=S)N(CCC(=O)OCCN(C)C)C2=O)cc1.Cl. The first kappa shape index (κ1) is 23.4. The van der Waals surface area contributed by atoms with E-state index in [1.807, 2.05) is 43.3 Å². The van der Waals surface area contributed by atoms with Gasteiger partial charge >= 0.3 is 5.97 Å². The number of rotatable bonds is 8. The minimum atomic E-state index is -0.333. The molecule has 1 aliphatic rings. The second-order valence-electron chi connectivity index (χ2n) is 5.88. The molecule has 1 aliphatic heterocycles. The van der Waals surface area contributed by atoms with Crippen LogP contribution in [0, 0.1) is 0 Å². The Balaban J connectivity index is 0.00000364. The Kier molecular flexibility index (Phi) is 9.79. The van der Waals surface area contributed by atoms with E-state index in [1.54, 1.807) is 13.2 Å². The normalized spacial score (nSPS) is 15.3. The summed E-state index contributed by atoms with van der Waals surface area (Å²) in [5, 5.41) is 0. The molecule has 1 aromatic rings. The van der Waals surface area contributed by atoms with E-state index >= 15 is 0 Å². The van der Waals surface area contributed by atoms with Gasteiger partial charge in [0.1, 0.15) is 16.7 Å². The number of carbonyl (C=O) groups is 2. The van der Waals surface area contributed by atoms with Crippen molar-refractivity contribution >= 4 is 58.7 Å². The van der Waals surface area contributed by atoms with E-state index in [4.69, 9.17) is 21.7 Å². The number of ether oxygens (including phenoxy) is 2. The van der Waals surface area contributed by atoms with Crippen LogP contribution in [0.5, 0.6) is 5.75 Å². The van der Waals surface area contributed by atoms with Crippen LogP contribution in [0.2, 0.25) is 0 Å². The summed E-state index contributed by atoms with van der Waals surface area (Å²) in [7, 11) is 5.41. The van der Waals surface area contributed by atoms with Crippen LogP contribution < -0.4 is 4.74 Å². The maximum Gasteiger partial charge on any atom is 0.307 e. The van der Waals surface area contributed by atoms with Crippen molar-refractivity contribution in [1.82, 2.24) is 9.80 Å². The van der Waals surface area contributed by atoms with E-state index in [1.165, 1.54) is 16.7 Å². The second-order valence-corrected chi connectivity index (χ2v) is 7.56. The lowest BCUT2D eigenvalue weighted by Crippen LogP contribution is -2.31. The Bertz CT molecular complexity index is 708. The summed E-state index contributed by atoms with van der Waals surface area (Å²) in [4.78, 5) is 28.2. The molecule has 2 rings (SSSR count). The summed E-state index contributed by atoms with van der Waals surface area (Å²) in [6.45, 7) is 1.23. The topological polar surface area (TPSA) is 59.1 Å². The van der Waals surface area contributed by atoms with Gasteiger partial charge in [-0.1, -0.05) is 36.1 Å². The number of benzene rings is 1. The quantitative estimate of drug-likeness (QED) is 0.357. The molecule has 6 nitrogen and oxygen atoms in total. The lowest BCUT2D eigenvalue weighted by atomic mass is 10.2. The summed E-state index contributed by atoms with van der Waals surface area (Å²) < 4.78 is 10.7. The average Bonchev–Trinajstić information content (AvgIpc) is 2.87. The van der Waals surface area contributed by atoms with Crippen LogP contribution in [0.4, 0.5) is 0 Å². The Labute approximate surface area is 175 Å². The van der Waals surface area contributed by atoms with Gasteiger partial charge in [0.15, 0.2) is 0 Å². The fraction of sp³-hybridized carbons (Fsp3) is 0.389. The number of thioether (sulfide) groups is 1. The summed E-state index contributed by atoms with van der Waals surface area (Å²) in [6, 6.07) is 7.40. The largest absolute Gasteiger partial charge is 0.497 e. The van der Waals surface area contributed by atoms with Crippen LogP contribution in [-0.2, 0) is 14.3 Å². The lowest BCUT2D eigenvalue weighted by molar-refractivity contribution is -0.144. The molecule has 1 heterocycles. The molecule has 1 saturated heterocycles. The first-order valence-electron chi connectivity index (χ1n) is 8.10. The van der Waals surface area contributed by atoms with Crippen LogP contribution in [-0.4, -0.2) is 66.9 Å². The van der Waals surface area contributed by atoms with E-state index < -0.39 is 0 Å². The monoisotopic (exact) mass is 430 g/mol. The zero-order chi connectivity index (χ0) is 19.1.